The van der Waals surface area contributed by atoms with Crippen molar-refractivity contribution in [2.45, 2.75) is 37.5 Å². The molecule has 0 saturated carbocycles. The first-order valence-corrected chi connectivity index (χ1v) is 6.33. The summed E-state index contributed by atoms with van der Waals surface area (Å²) in [6, 6.07) is 0. The molecule has 0 radical (unpaired) electrons. The summed E-state index contributed by atoms with van der Waals surface area (Å²) in [5.41, 5.74) is 0. The molecule has 1 rings (SSSR count). The second-order valence-corrected chi connectivity index (χ2v) is 4.96. The molecule has 2 N–H and O–H groups in total. The Morgan fingerprint density at radius 1 is 1.47 bits per heavy atom. The summed E-state index contributed by atoms with van der Waals surface area (Å²) in [5, 5.41) is 4.44. The van der Waals surface area contributed by atoms with Gasteiger partial charge in [0.2, 0.25) is 0 Å². The molecule has 0 fully saturated rings. The van der Waals surface area contributed by atoms with Gasteiger partial charge in [0.15, 0.2) is 5.03 Å². The van der Waals surface area contributed by atoms with E-state index in [1.54, 1.807) is 6.92 Å². The van der Waals surface area contributed by atoms with E-state index in [0.29, 0.717) is 6.42 Å². The number of sulfonamides is 1. The fourth-order valence-electron chi connectivity index (χ4n) is 1.29. The zero-order chi connectivity index (χ0) is 13.3. The average molecular weight is 271 g/mol. The van der Waals surface area contributed by atoms with Crippen LogP contribution in [-0.2, 0) is 23.0 Å². The van der Waals surface area contributed by atoms with Gasteiger partial charge in [-0.15, -0.1) is 0 Å². The Balaban J connectivity index is 2.96. The largest absolute Gasteiger partial charge is 0.390 e. The van der Waals surface area contributed by atoms with Gasteiger partial charge in [-0.1, -0.05) is 6.92 Å². The van der Waals surface area contributed by atoms with E-state index >= 15 is 0 Å². The molecule has 98 valence electrons. The van der Waals surface area contributed by atoms with Crippen LogP contribution >= 0.6 is 0 Å². The van der Waals surface area contributed by atoms with Crippen LogP contribution < -0.4 is 5.14 Å². The Morgan fingerprint density at radius 2 is 2.06 bits per heavy atom. The Morgan fingerprint density at radius 3 is 2.47 bits per heavy atom. The maximum Gasteiger partial charge on any atom is 0.390 e. The van der Waals surface area contributed by atoms with Gasteiger partial charge in [0.05, 0.1) is 6.42 Å². The van der Waals surface area contributed by atoms with Crippen molar-refractivity contribution in [3.63, 3.8) is 0 Å². The second kappa shape index (κ2) is 4.65. The van der Waals surface area contributed by atoms with Crippen LogP contribution in [0.15, 0.2) is 11.2 Å². The van der Waals surface area contributed by atoms with Crippen molar-refractivity contribution in [2.24, 2.45) is 5.14 Å². The van der Waals surface area contributed by atoms with Crippen LogP contribution in [-0.4, -0.2) is 24.1 Å². The van der Waals surface area contributed by atoms with Gasteiger partial charge < -0.3 is 4.57 Å². The highest BCUT2D eigenvalue weighted by atomic mass is 32.2. The lowest BCUT2D eigenvalue weighted by atomic mass is 10.4. The van der Waals surface area contributed by atoms with Crippen LogP contribution in [0.1, 0.15) is 19.2 Å². The number of hydrogen-bond donors (Lipinski definition) is 1. The van der Waals surface area contributed by atoms with Crippen molar-refractivity contribution in [3.8, 4) is 0 Å². The molecular formula is C8H12F3N3O2S. The maximum absolute atomic E-state index is 12.0. The molecule has 0 atom stereocenters. The fraction of sp³-hybridized carbons (Fsp3) is 0.625. The molecule has 0 amide bonds. The van der Waals surface area contributed by atoms with E-state index in [4.69, 9.17) is 5.14 Å². The van der Waals surface area contributed by atoms with Gasteiger partial charge in [-0.2, -0.15) is 13.2 Å². The minimum atomic E-state index is -4.29. The summed E-state index contributed by atoms with van der Waals surface area (Å²) >= 11 is 0. The molecule has 17 heavy (non-hydrogen) atoms. The van der Waals surface area contributed by atoms with Crippen molar-refractivity contribution in [1.29, 1.82) is 0 Å². The normalized spacial score (nSPS) is 13.0. The molecule has 0 aliphatic carbocycles. The number of aromatic nitrogens is 2. The van der Waals surface area contributed by atoms with Gasteiger partial charge in [0, 0.05) is 19.2 Å². The quantitative estimate of drug-likeness (QED) is 0.889. The Labute approximate surface area is 96.5 Å². The number of primary sulfonamides is 1. The molecule has 0 aromatic carbocycles. The predicted octanol–water partition coefficient (Wildman–Crippen LogP) is 1.05. The van der Waals surface area contributed by atoms with E-state index in [1.807, 2.05) is 0 Å². The van der Waals surface area contributed by atoms with E-state index < -0.39 is 27.6 Å². The number of aryl methyl sites for hydroxylation is 2. The van der Waals surface area contributed by atoms with E-state index in [-0.39, 0.29) is 12.4 Å². The van der Waals surface area contributed by atoms with E-state index in [9.17, 15) is 21.6 Å². The second-order valence-electron chi connectivity index (χ2n) is 3.45. The van der Waals surface area contributed by atoms with Crippen LogP contribution in [0.3, 0.4) is 0 Å². The van der Waals surface area contributed by atoms with Crippen LogP contribution in [0, 0.1) is 0 Å². The fourth-order valence-corrected chi connectivity index (χ4v) is 1.79. The zero-order valence-corrected chi connectivity index (χ0v) is 9.85. The first-order valence-electron chi connectivity index (χ1n) is 4.79. The number of nitrogens with zero attached hydrogens (tertiary/aromatic N) is 2. The Hall–Kier alpha value is -1.09. The lowest BCUT2D eigenvalue weighted by molar-refractivity contribution is -0.136. The molecule has 0 aliphatic rings. The molecule has 1 aromatic heterocycles. The van der Waals surface area contributed by atoms with Crippen molar-refractivity contribution < 1.29 is 21.6 Å². The van der Waals surface area contributed by atoms with Gasteiger partial charge >= 0.3 is 6.18 Å². The first kappa shape index (κ1) is 14.0. The number of hydrogen-bond acceptors (Lipinski definition) is 3. The summed E-state index contributed by atoms with van der Waals surface area (Å²) < 4.78 is 59.3. The standard InChI is InChI=1S/C8H12F3N3O2S/c1-2-6-13-7(17(12,15)16)5-14(6)4-3-8(9,10)11/h5H,2-4H2,1H3,(H2,12,15,16). The van der Waals surface area contributed by atoms with Crippen molar-refractivity contribution in [3.05, 3.63) is 12.0 Å². The topological polar surface area (TPSA) is 78.0 Å². The van der Waals surface area contributed by atoms with E-state index in [1.165, 1.54) is 0 Å². The van der Waals surface area contributed by atoms with Crippen LogP contribution in [0.2, 0.25) is 0 Å². The lowest BCUT2D eigenvalue weighted by Gasteiger charge is -2.08. The highest BCUT2D eigenvalue weighted by molar-refractivity contribution is 7.89. The molecule has 0 unspecified atom stereocenters. The molecule has 5 nitrogen and oxygen atoms in total. The third-order valence-electron chi connectivity index (χ3n) is 2.08. The molecular weight excluding hydrogens is 259 g/mol. The third kappa shape index (κ3) is 4.00. The van der Waals surface area contributed by atoms with Crippen molar-refractivity contribution >= 4 is 10.0 Å². The molecule has 0 spiro atoms. The number of imidazole rings is 1. The molecule has 9 heteroatoms. The van der Waals surface area contributed by atoms with Crippen LogP contribution in [0.4, 0.5) is 13.2 Å². The van der Waals surface area contributed by atoms with Gasteiger partial charge in [0.1, 0.15) is 5.82 Å². The number of rotatable bonds is 4. The SMILES string of the molecule is CCc1nc(S(N)(=O)=O)cn1CCC(F)(F)F. The number of halogens is 3. The molecule has 0 saturated heterocycles. The van der Waals surface area contributed by atoms with Gasteiger partial charge in [-0.05, 0) is 0 Å². The van der Waals surface area contributed by atoms with Gasteiger partial charge in [-0.3, -0.25) is 0 Å². The summed E-state index contributed by atoms with van der Waals surface area (Å²) in [7, 11) is -3.98. The molecule has 0 bridgehead atoms. The van der Waals surface area contributed by atoms with Gasteiger partial charge in [0.25, 0.3) is 10.0 Å². The zero-order valence-electron chi connectivity index (χ0n) is 9.03. The highest BCUT2D eigenvalue weighted by Gasteiger charge is 2.27. The lowest BCUT2D eigenvalue weighted by Crippen LogP contribution is -2.13. The smallest absolute Gasteiger partial charge is 0.333 e. The molecule has 1 aromatic rings. The minimum absolute atomic E-state index is 0.262. The van der Waals surface area contributed by atoms with Gasteiger partial charge in [-0.25, -0.2) is 18.5 Å². The molecule has 1 heterocycles. The van der Waals surface area contributed by atoms with Crippen LogP contribution in [0.25, 0.3) is 0 Å². The maximum atomic E-state index is 12.0. The Bertz CT molecular complexity index is 493. The van der Waals surface area contributed by atoms with Crippen molar-refractivity contribution in [1.82, 2.24) is 9.55 Å². The highest BCUT2D eigenvalue weighted by Crippen LogP contribution is 2.21. The average Bonchev–Trinajstić information content (AvgIpc) is 2.55. The summed E-state index contributed by atoms with van der Waals surface area (Å²) in [6.07, 6.45) is -3.98. The number of alkyl halides is 3. The van der Waals surface area contributed by atoms with Crippen LogP contribution in [0.5, 0.6) is 0 Å². The summed E-state index contributed by atoms with van der Waals surface area (Å²) in [5.74, 6) is 0.262. The van der Waals surface area contributed by atoms with E-state index in [2.05, 4.69) is 4.98 Å². The predicted molar refractivity (Wildman–Crippen MR) is 53.7 cm³/mol. The monoisotopic (exact) mass is 271 g/mol. The minimum Gasteiger partial charge on any atom is -0.333 e. The summed E-state index contributed by atoms with van der Waals surface area (Å²) in [4.78, 5) is 3.68. The number of nitrogens with two attached hydrogens (primary N) is 1. The van der Waals surface area contributed by atoms with E-state index in [0.717, 1.165) is 10.8 Å². The Kier molecular flexibility index (Phi) is 3.82. The third-order valence-corrected chi connectivity index (χ3v) is 2.86. The molecule has 0 aliphatic heterocycles. The first-order chi connectivity index (χ1) is 7.63. The summed E-state index contributed by atoms with van der Waals surface area (Å²) in [6.45, 7) is 1.30. The van der Waals surface area contributed by atoms with Crippen molar-refractivity contribution in [2.75, 3.05) is 0 Å².